The van der Waals surface area contributed by atoms with E-state index in [0.29, 0.717) is 12.2 Å². The first-order chi connectivity index (χ1) is 8.02. The molecule has 1 aliphatic rings. The highest BCUT2D eigenvalue weighted by Crippen LogP contribution is 2.35. The molecule has 0 aliphatic heterocycles. The van der Waals surface area contributed by atoms with Crippen LogP contribution in [-0.2, 0) is 0 Å². The Balaban J connectivity index is 2.17. The lowest BCUT2D eigenvalue weighted by Crippen LogP contribution is -2.39. The summed E-state index contributed by atoms with van der Waals surface area (Å²) in [6.45, 7) is 0.611. The zero-order chi connectivity index (χ0) is 12.5. The number of hydrogen-bond donors (Lipinski definition) is 2. The molecule has 0 aromatic carbocycles. The van der Waals surface area contributed by atoms with Crippen molar-refractivity contribution < 1.29 is 5.11 Å². The van der Waals surface area contributed by atoms with Crippen LogP contribution in [0.15, 0.2) is 16.9 Å². The minimum Gasteiger partial charge on any atom is -0.396 e. The molecule has 1 aromatic rings. The third kappa shape index (κ3) is 2.72. The quantitative estimate of drug-likeness (QED) is 0.898. The molecule has 17 heavy (non-hydrogen) atoms. The highest BCUT2D eigenvalue weighted by molar-refractivity contribution is 9.10. The van der Waals surface area contributed by atoms with Crippen LogP contribution in [0.2, 0.25) is 0 Å². The second-order valence-corrected chi connectivity index (χ2v) is 5.70. The van der Waals surface area contributed by atoms with E-state index < -0.39 is 5.60 Å². The second-order valence-electron chi connectivity index (χ2n) is 4.85. The number of rotatable bonds is 3. The van der Waals surface area contributed by atoms with E-state index in [-0.39, 0.29) is 0 Å². The zero-order valence-electron chi connectivity index (χ0n) is 9.99. The average molecular weight is 300 g/mol. The average Bonchev–Trinajstić information content (AvgIpc) is 2.64. The molecule has 0 atom stereocenters. The summed E-state index contributed by atoms with van der Waals surface area (Å²) < 4.78 is 0.863. The van der Waals surface area contributed by atoms with Crippen LogP contribution < -0.4 is 10.6 Å². The molecule has 1 fully saturated rings. The fraction of sp³-hybridized carbons (Fsp3) is 0.583. The van der Waals surface area contributed by atoms with Crippen LogP contribution in [0, 0.1) is 0 Å². The number of nitrogens with zero attached hydrogens (tertiary/aromatic N) is 2. The van der Waals surface area contributed by atoms with Gasteiger partial charge in [-0.2, -0.15) is 0 Å². The van der Waals surface area contributed by atoms with E-state index in [1.807, 2.05) is 11.9 Å². The Kier molecular flexibility index (Phi) is 3.58. The van der Waals surface area contributed by atoms with Crippen molar-refractivity contribution in [1.29, 1.82) is 0 Å². The summed E-state index contributed by atoms with van der Waals surface area (Å²) in [5.74, 6) is 0. The van der Waals surface area contributed by atoms with E-state index in [1.165, 1.54) is 0 Å². The monoisotopic (exact) mass is 299 g/mol. The highest BCUT2D eigenvalue weighted by Gasteiger charge is 2.32. The number of nitrogen functional groups attached to an aromatic ring is 1. The fourth-order valence-electron chi connectivity index (χ4n) is 2.56. The Morgan fingerprint density at radius 3 is 2.71 bits per heavy atom. The topological polar surface area (TPSA) is 62.4 Å². The van der Waals surface area contributed by atoms with Gasteiger partial charge in [0.1, 0.15) is 0 Å². The van der Waals surface area contributed by atoms with Crippen LogP contribution in [0.5, 0.6) is 0 Å². The molecule has 1 saturated carbocycles. The Morgan fingerprint density at radius 1 is 1.47 bits per heavy atom. The first kappa shape index (κ1) is 12.6. The molecular weight excluding hydrogens is 282 g/mol. The molecule has 94 valence electrons. The van der Waals surface area contributed by atoms with Crippen molar-refractivity contribution in [2.75, 3.05) is 24.2 Å². The molecule has 1 aromatic heterocycles. The number of pyridine rings is 1. The number of aliphatic hydroxyl groups is 1. The standard InChI is InChI=1S/C12H18BrN3O/c1-16(8-12(17)4-2-3-5-12)11-9(13)6-15-7-10(11)14/h6-7,17H,2-5,8,14H2,1H3. The lowest BCUT2D eigenvalue weighted by atomic mass is 10.0. The summed E-state index contributed by atoms with van der Waals surface area (Å²) in [7, 11) is 1.95. The molecule has 0 amide bonds. The van der Waals surface area contributed by atoms with Crippen molar-refractivity contribution in [1.82, 2.24) is 4.98 Å². The van der Waals surface area contributed by atoms with Crippen LogP contribution in [0.4, 0.5) is 11.4 Å². The van der Waals surface area contributed by atoms with Gasteiger partial charge in [0.05, 0.1) is 27.6 Å². The molecule has 0 bridgehead atoms. The van der Waals surface area contributed by atoms with Crippen LogP contribution in [0.25, 0.3) is 0 Å². The van der Waals surface area contributed by atoms with E-state index >= 15 is 0 Å². The molecule has 0 radical (unpaired) electrons. The van der Waals surface area contributed by atoms with Crippen molar-refractivity contribution in [3.05, 3.63) is 16.9 Å². The maximum Gasteiger partial charge on any atom is 0.0821 e. The first-order valence-electron chi connectivity index (χ1n) is 5.84. The fourth-order valence-corrected chi connectivity index (χ4v) is 3.21. The molecule has 1 aliphatic carbocycles. The predicted octanol–water partition coefficient (Wildman–Crippen LogP) is 2.17. The number of likely N-dealkylation sites (N-methyl/N-ethyl adjacent to an activating group) is 1. The summed E-state index contributed by atoms with van der Waals surface area (Å²) in [5.41, 5.74) is 6.89. The second kappa shape index (κ2) is 4.82. The summed E-state index contributed by atoms with van der Waals surface area (Å²) in [6, 6.07) is 0. The van der Waals surface area contributed by atoms with Gasteiger partial charge in [-0.15, -0.1) is 0 Å². The molecule has 0 saturated heterocycles. The third-order valence-electron chi connectivity index (χ3n) is 3.35. The van der Waals surface area contributed by atoms with Crippen molar-refractivity contribution in [2.45, 2.75) is 31.3 Å². The minimum absolute atomic E-state index is 0.566. The van der Waals surface area contributed by atoms with Gasteiger partial charge >= 0.3 is 0 Å². The van der Waals surface area contributed by atoms with Crippen LogP contribution >= 0.6 is 15.9 Å². The van der Waals surface area contributed by atoms with E-state index in [2.05, 4.69) is 20.9 Å². The number of halogens is 1. The number of aromatic nitrogens is 1. The molecule has 5 heteroatoms. The smallest absolute Gasteiger partial charge is 0.0821 e. The molecular formula is C12H18BrN3O. The van der Waals surface area contributed by atoms with Gasteiger partial charge in [-0.05, 0) is 28.8 Å². The van der Waals surface area contributed by atoms with Gasteiger partial charge in [-0.25, -0.2) is 0 Å². The molecule has 2 rings (SSSR count). The van der Waals surface area contributed by atoms with Gasteiger partial charge in [0.25, 0.3) is 0 Å². The first-order valence-corrected chi connectivity index (χ1v) is 6.64. The molecule has 0 unspecified atom stereocenters. The van der Waals surface area contributed by atoms with Crippen molar-refractivity contribution in [3.8, 4) is 0 Å². The van der Waals surface area contributed by atoms with E-state index in [0.717, 1.165) is 35.8 Å². The van der Waals surface area contributed by atoms with E-state index in [9.17, 15) is 5.11 Å². The van der Waals surface area contributed by atoms with Crippen molar-refractivity contribution in [2.24, 2.45) is 0 Å². The SMILES string of the molecule is CN(CC1(O)CCCC1)c1c(N)cncc1Br. The van der Waals surface area contributed by atoms with Crippen LogP contribution in [0.1, 0.15) is 25.7 Å². The summed E-state index contributed by atoms with van der Waals surface area (Å²) in [6.07, 6.45) is 7.32. The van der Waals surface area contributed by atoms with Gasteiger partial charge in [0.15, 0.2) is 0 Å². The highest BCUT2D eigenvalue weighted by atomic mass is 79.9. The maximum atomic E-state index is 10.4. The molecule has 4 nitrogen and oxygen atoms in total. The Labute approximate surface area is 110 Å². The van der Waals surface area contributed by atoms with Crippen molar-refractivity contribution in [3.63, 3.8) is 0 Å². The zero-order valence-corrected chi connectivity index (χ0v) is 11.6. The molecule has 3 N–H and O–H groups in total. The number of hydrogen-bond acceptors (Lipinski definition) is 4. The van der Waals surface area contributed by atoms with E-state index in [1.54, 1.807) is 12.4 Å². The Morgan fingerprint density at radius 2 is 2.12 bits per heavy atom. The lowest BCUT2D eigenvalue weighted by molar-refractivity contribution is 0.0559. The number of nitrogens with two attached hydrogens (primary N) is 1. The van der Waals surface area contributed by atoms with Crippen molar-refractivity contribution >= 4 is 27.3 Å². The lowest BCUT2D eigenvalue weighted by Gasteiger charge is -2.31. The molecule has 1 heterocycles. The molecule has 0 spiro atoms. The van der Waals surface area contributed by atoms with E-state index in [4.69, 9.17) is 5.73 Å². The van der Waals surface area contributed by atoms with Gasteiger partial charge in [-0.3, -0.25) is 4.98 Å². The summed E-state index contributed by atoms with van der Waals surface area (Å²) in [4.78, 5) is 6.02. The van der Waals surface area contributed by atoms with Gasteiger partial charge in [-0.1, -0.05) is 12.8 Å². The summed E-state index contributed by atoms with van der Waals surface area (Å²) in [5, 5.41) is 10.4. The van der Waals surface area contributed by atoms with Crippen LogP contribution in [-0.4, -0.2) is 29.3 Å². The van der Waals surface area contributed by atoms with Crippen LogP contribution in [0.3, 0.4) is 0 Å². The number of anilines is 2. The minimum atomic E-state index is -0.566. The normalized spacial score (nSPS) is 18.3. The third-order valence-corrected chi connectivity index (χ3v) is 3.93. The Hall–Kier alpha value is -0.810. The summed E-state index contributed by atoms with van der Waals surface area (Å²) >= 11 is 3.45. The largest absolute Gasteiger partial charge is 0.396 e. The van der Waals surface area contributed by atoms with Gasteiger partial charge in [0.2, 0.25) is 0 Å². The Bertz CT molecular complexity index is 384. The van der Waals surface area contributed by atoms with Gasteiger partial charge in [0, 0.05) is 19.8 Å². The maximum absolute atomic E-state index is 10.4. The van der Waals surface area contributed by atoms with Gasteiger partial charge < -0.3 is 15.7 Å². The predicted molar refractivity (Wildman–Crippen MR) is 73.0 cm³/mol.